The van der Waals surface area contributed by atoms with E-state index in [0.29, 0.717) is 104 Å². The lowest BCUT2D eigenvalue weighted by Crippen LogP contribution is -2.63. The van der Waals surface area contributed by atoms with Crippen molar-refractivity contribution in [1.29, 1.82) is 0 Å². The maximum absolute atomic E-state index is 13.9. The molecule has 32 heteroatoms. The van der Waals surface area contributed by atoms with Gasteiger partial charge in [-0.2, -0.15) is 13.6 Å². The van der Waals surface area contributed by atoms with Crippen LogP contribution in [0.25, 0.3) is 11.0 Å². The van der Waals surface area contributed by atoms with Crippen LogP contribution in [0, 0.1) is 0 Å². The van der Waals surface area contributed by atoms with Crippen LogP contribution in [0.3, 0.4) is 0 Å². The highest BCUT2D eigenvalue weighted by atomic mass is 32.2. The SMILES string of the molecule is CC(C)(C)N(C(=O)O)C1CCN(S(=O)(=O)c2cccc(N3CCN(C4CN(c5ccc6c(c5)CN(C5CCC(=O)NC5=O)C6=O)C4)CC3)c2)CC1.O=C1CCC(N2Cc3cc(N4CC(N5CCN(c6cccc(S(=O)(=O)N7CCC(Nc8ncc9ccc(=O)n(C%10CCCC%10)c9n8)CC7)c6)CC5)C4)ccc3C2=O)C(=O)N1. The number of pyridine rings is 1. The second-order valence-electron chi connectivity index (χ2n) is 32.4. The number of carboxylic acid groups (broad SMARTS) is 1. The molecule has 8 saturated heterocycles. The summed E-state index contributed by atoms with van der Waals surface area (Å²) in [6.07, 6.45) is 8.23. The number of sulfonamides is 2. The van der Waals surface area contributed by atoms with E-state index >= 15 is 0 Å². The average Bonchev–Trinajstić information content (AvgIpc) is 1.64. The van der Waals surface area contributed by atoms with Gasteiger partial charge in [0.15, 0.2) is 0 Å². The van der Waals surface area contributed by atoms with Gasteiger partial charge in [0.2, 0.25) is 49.6 Å². The predicted molar refractivity (Wildman–Crippen MR) is 416 cm³/mol. The quantitative estimate of drug-likeness (QED) is 0.0889. The van der Waals surface area contributed by atoms with Crippen molar-refractivity contribution in [3.05, 3.63) is 136 Å². The number of fused-ring (bicyclic) bond motifs is 3. The highest BCUT2D eigenvalue weighted by Crippen LogP contribution is 2.38. The number of nitrogens with zero attached hydrogens (tertiary/aromatic N) is 14. The largest absolute Gasteiger partial charge is 0.465 e. The minimum absolute atomic E-state index is 0.00606. The first kappa shape index (κ1) is 75.4. The van der Waals surface area contributed by atoms with Crippen LogP contribution in [-0.2, 0) is 52.3 Å². The summed E-state index contributed by atoms with van der Waals surface area (Å²) in [7, 11) is -7.42. The fraction of sp³-hybridized carbons (Fsp3) is 0.519. The third-order valence-corrected chi connectivity index (χ3v) is 28.4. The summed E-state index contributed by atoms with van der Waals surface area (Å²) in [5.74, 6) is -1.27. The van der Waals surface area contributed by atoms with Crippen molar-refractivity contribution < 1.29 is 55.5 Å². The van der Waals surface area contributed by atoms with Crippen molar-refractivity contribution in [3.63, 3.8) is 0 Å². The molecule has 2 unspecified atom stereocenters. The molecule has 0 spiro atoms. The summed E-state index contributed by atoms with van der Waals surface area (Å²) in [5, 5.41) is 18.8. The molecule has 17 rings (SSSR count). The van der Waals surface area contributed by atoms with Crippen LogP contribution >= 0.6 is 0 Å². The van der Waals surface area contributed by atoms with Crippen LogP contribution < -0.4 is 41.1 Å². The number of carbonyl (C=O) groups excluding carboxylic acids is 6. The molecule has 0 radical (unpaired) electrons. The summed E-state index contributed by atoms with van der Waals surface area (Å²) < 4.78 is 60.1. The third kappa shape index (κ3) is 15.1. The fourth-order valence-electron chi connectivity index (χ4n) is 18.4. The molecule has 1 aliphatic carbocycles. The van der Waals surface area contributed by atoms with Crippen molar-refractivity contribution in [1.82, 2.24) is 58.3 Å². The lowest BCUT2D eigenvalue weighted by Gasteiger charge is -2.49. The molecule has 2 atom stereocenters. The van der Waals surface area contributed by atoms with Gasteiger partial charge in [-0.3, -0.25) is 58.6 Å². The lowest BCUT2D eigenvalue weighted by atomic mass is 9.98. The van der Waals surface area contributed by atoms with E-state index in [-0.39, 0.29) is 78.1 Å². The second-order valence-corrected chi connectivity index (χ2v) is 36.3. The number of benzene rings is 4. The van der Waals surface area contributed by atoms with Crippen molar-refractivity contribution >= 4 is 101 Å². The molecule has 0 bridgehead atoms. The second kappa shape index (κ2) is 30.5. The summed E-state index contributed by atoms with van der Waals surface area (Å²) in [6.45, 7) is 17.7. The van der Waals surface area contributed by atoms with E-state index in [0.717, 1.165) is 143 Å². The van der Waals surface area contributed by atoms with Crippen molar-refractivity contribution in [2.24, 2.45) is 0 Å². The van der Waals surface area contributed by atoms with Crippen molar-refractivity contribution in [2.45, 2.75) is 169 Å². The number of hydrogen-bond donors (Lipinski definition) is 4. The number of hydrogen-bond acceptors (Lipinski definition) is 21. The molecule has 1 saturated carbocycles. The van der Waals surface area contributed by atoms with E-state index in [4.69, 9.17) is 4.98 Å². The monoisotopic (exact) mass is 1560 g/mol. The zero-order chi connectivity index (χ0) is 77.4. The van der Waals surface area contributed by atoms with E-state index in [1.807, 2.05) is 79.9 Å². The molecule has 2 aromatic heterocycles. The summed E-state index contributed by atoms with van der Waals surface area (Å²) >= 11 is 0. The van der Waals surface area contributed by atoms with Crippen LogP contribution in [0.1, 0.15) is 136 Å². The first-order valence-electron chi connectivity index (χ1n) is 39.2. The molecule has 10 aliphatic heterocycles. The molecule has 30 nitrogen and oxygen atoms in total. The van der Waals surface area contributed by atoms with Gasteiger partial charge in [0, 0.05) is 218 Å². The van der Waals surface area contributed by atoms with Gasteiger partial charge in [-0.05, 0) is 162 Å². The molecule has 4 N–H and O–H groups in total. The first-order chi connectivity index (χ1) is 53.3. The zero-order valence-electron chi connectivity index (χ0n) is 63.0. The lowest BCUT2D eigenvalue weighted by molar-refractivity contribution is -0.138. The molecule has 7 amide bonds. The Kier molecular flexibility index (Phi) is 20.7. The molecule has 9 fully saturated rings. The number of nitrogens with one attached hydrogen (secondary N) is 3. The van der Waals surface area contributed by atoms with E-state index < -0.39 is 55.6 Å². The van der Waals surface area contributed by atoms with Gasteiger partial charge >= 0.3 is 6.09 Å². The Morgan fingerprint density at radius 1 is 0.523 bits per heavy atom. The van der Waals surface area contributed by atoms with Crippen LogP contribution in [-0.4, -0.2) is 258 Å². The first-order valence-corrected chi connectivity index (χ1v) is 42.1. The molecular formula is C79H97N17O13S2. The van der Waals surface area contributed by atoms with E-state index in [1.165, 1.54) is 9.21 Å². The molecule has 4 aromatic carbocycles. The standard InChI is InChI=1S/C43H50N10O6S.C36H47N7O7S/c54-38-12-11-37(41(56)46-38)52-25-29-22-33(9-10-36(29)42(52)57)50-26-34(27-50)49-20-18-48(19-21-49)32-6-3-7-35(23-32)60(58,59)51-16-14-30(15-17-51)45-43-44-24-28-8-13-39(55)53(40(28)47-43)31-4-1-2-5-31;1-36(2,3)43(35(47)48)25-11-13-41(14-12-25)51(49,50)29-6-4-5-26(20-29)38-15-17-39(18-16-38)28-22-40(23-28)27-7-8-30-24(19-27)21-42(34(30)46)31-9-10-32(44)37-33(31)45/h3,6-10,13,22-24,30-31,34,37H,1-2,4-5,11-12,14-21,25-27H2,(H,44,45,47)(H,46,54,56);4-8,19-20,25,28,31H,9-18,21-23H2,1-3H3,(H,47,48)(H,37,44,45). The van der Waals surface area contributed by atoms with Crippen LogP contribution in [0.2, 0.25) is 0 Å². The minimum Gasteiger partial charge on any atom is -0.465 e. The van der Waals surface area contributed by atoms with Gasteiger partial charge in [-0.25, -0.2) is 26.6 Å². The highest BCUT2D eigenvalue weighted by molar-refractivity contribution is 7.89. The molecule has 588 valence electrons. The Balaban J connectivity index is 0.000000171. The van der Waals surface area contributed by atoms with Crippen molar-refractivity contribution in [3.8, 4) is 0 Å². The van der Waals surface area contributed by atoms with Crippen LogP contribution in [0.5, 0.6) is 0 Å². The Morgan fingerprint density at radius 3 is 1.43 bits per heavy atom. The normalized spacial score (nSPS) is 22.8. The number of piperazine rings is 2. The topological polar surface area (TPSA) is 328 Å². The summed E-state index contributed by atoms with van der Waals surface area (Å²) in [5.41, 5.74) is 6.99. The van der Waals surface area contributed by atoms with Gasteiger partial charge in [0.05, 0.1) is 9.79 Å². The molecular weight excluding hydrogens is 1460 g/mol. The highest BCUT2D eigenvalue weighted by Gasteiger charge is 2.45. The Morgan fingerprint density at radius 2 is 0.982 bits per heavy atom. The number of rotatable bonds is 16. The number of anilines is 5. The van der Waals surface area contributed by atoms with Gasteiger partial charge in [-0.15, -0.1) is 0 Å². The fourth-order valence-corrected chi connectivity index (χ4v) is 21.4. The number of aromatic nitrogens is 3. The third-order valence-electron chi connectivity index (χ3n) is 24.6. The number of imide groups is 2. The van der Waals surface area contributed by atoms with Gasteiger partial charge in [-0.1, -0.05) is 25.0 Å². The van der Waals surface area contributed by atoms with Crippen molar-refractivity contribution in [2.75, 3.05) is 130 Å². The average molecular weight is 1560 g/mol. The number of amides is 7. The van der Waals surface area contributed by atoms with Crippen LogP contribution in [0.15, 0.2) is 118 Å². The Hall–Kier alpha value is -9.60. The maximum Gasteiger partial charge on any atom is 0.407 e. The van der Waals surface area contributed by atoms with E-state index in [9.17, 15) is 60.3 Å². The van der Waals surface area contributed by atoms with Gasteiger partial charge < -0.3 is 44.7 Å². The molecule has 12 heterocycles. The smallest absolute Gasteiger partial charge is 0.407 e. The van der Waals surface area contributed by atoms with E-state index in [1.54, 1.807) is 56.7 Å². The van der Waals surface area contributed by atoms with Gasteiger partial charge in [0.1, 0.15) is 17.7 Å². The Labute approximate surface area is 645 Å². The maximum atomic E-state index is 13.9. The molecule has 111 heavy (non-hydrogen) atoms. The molecule has 6 aromatic rings. The van der Waals surface area contributed by atoms with Crippen LogP contribution in [0.4, 0.5) is 33.5 Å². The van der Waals surface area contributed by atoms with Gasteiger partial charge in [0.25, 0.3) is 17.4 Å². The number of carbonyl (C=O) groups is 7. The van der Waals surface area contributed by atoms with E-state index in [2.05, 4.69) is 56.4 Å². The summed E-state index contributed by atoms with van der Waals surface area (Å²) in [4.78, 5) is 128. The number of piperidine rings is 4. The minimum atomic E-state index is -3.73. The predicted octanol–water partition coefficient (Wildman–Crippen LogP) is 5.33. The zero-order valence-corrected chi connectivity index (χ0v) is 64.6. The summed E-state index contributed by atoms with van der Waals surface area (Å²) in [6, 6.07) is 29.1. The molecule has 11 aliphatic rings. The Bertz CT molecular complexity index is 4950.